The molecule has 0 radical (unpaired) electrons. The number of ether oxygens (including phenoxy) is 1. The number of nitrogen functional groups attached to an aromatic ring is 1. The van der Waals surface area contributed by atoms with Crippen LogP contribution in [-0.2, 0) is 4.74 Å². The Bertz CT molecular complexity index is 519. The molecule has 0 atom stereocenters. The summed E-state index contributed by atoms with van der Waals surface area (Å²) in [5, 5.41) is 0.407. The van der Waals surface area contributed by atoms with E-state index >= 15 is 0 Å². The van der Waals surface area contributed by atoms with E-state index in [4.69, 9.17) is 22.1 Å². The van der Waals surface area contributed by atoms with E-state index in [0.717, 1.165) is 12.8 Å². The van der Waals surface area contributed by atoms with Gasteiger partial charge in [0, 0.05) is 13.3 Å². The van der Waals surface area contributed by atoms with Gasteiger partial charge in [0.1, 0.15) is 11.4 Å². The lowest BCUT2D eigenvalue weighted by atomic mass is 9.68. The lowest BCUT2D eigenvalue weighted by Gasteiger charge is -2.41. The number of hydrogen-bond acceptors (Lipinski definition) is 4. The maximum atomic E-state index is 12.8. The normalized spacial score (nSPS) is 20.6. The molecule has 0 spiro atoms. The maximum absolute atomic E-state index is 12.8. The molecule has 1 fully saturated rings. The first kappa shape index (κ1) is 15.3. The second kappa shape index (κ2) is 5.34. The molecule has 0 saturated heterocycles. The van der Waals surface area contributed by atoms with Crippen LogP contribution in [0, 0.1) is 5.41 Å². The number of ketones is 1. The molecule has 2 N–H and O–H groups in total. The minimum atomic E-state index is -0.796. The highest BCUT2D eigenvalue weighted by molar-refractivity contribution is 6.31. The molecule has 1 aliphatic carbocycles. The van der Waals surface area contributed by atoms with Gasteiger partial charge in [-0.25, -0.2) is 4.98 Å². The summed E-state index contributed by atoms with van der Waals surface area (Å²) in [6, 6.07) is 1.58. The van der Waals surface area contributed by atoms with Gasteiger partial charge in [0.25, 0.3) is 0 Å². The first-order valence-corrected chi connectivity index (χ1v) is 7.18. The van der Waals surface area contributed by atoms with Crippen molar-refractivity contribution in [2.45, 2.75) is 45.1 Å². The molecule has 0 aromatic carbocycles. The van der Waals surface area contributed by atoms with Gasteiger partial charge in [-0.1, -0.05) is 25.4 Å². The average Bonchev–Trinajstić information content (AvgIpc) is 2.41. The molecular formula is C15H21ClN2O2. The van der Waals surface area contributed by atoms with E-state index in [0.29, 0.717) is 23.4 Å². The minimum absolute atomic E-state index is 0.108. The zero-order chi connectivity index (χ0) is 15.0. The first-order valence-electron chi connectivity index (χ1n) is 6.81. The van der Waals surface area contributed by atoms with Crippen LogP contribution in [0.1, 0.15) is 49.9 Å². The highest BCUT2D eigenvalue weighted by Gasteiger charge is 2.45. The molecule has 0 aliphatic heterocycles. The van der Waals surface area contributed by atoms with Gasteiger partial charge in [-0.05, 0) is 37.2 Å². The summed E-state index contributed by atoms with van der Waals surface area (Å²) in [7, 11) is 1.59. The van der Waals surface area contributed by atoms with Crippen molar-refractivity contribution < 1.29 is 9.53 Å². The van der Waals surface area contributed by atoms with Crippen molar-refractivity contribution in [1.29, 1.82) is 0 Å². The quantitative estimate of drug-likeness (QED) is 0.867. The van der Waals surface area contributed by atoms with Gasteiger partial charge in [0.05, 0.1) is 10.6 Å². The lowest BCUT2D eigenvalue weighted by Crippen LogP contribution is -2.46. The average molecular weight is 297 g/mol. The molecule has 20 heavy (non-hydrogen) atoms. The Morgan fingerprint density at radius 3 is 2.50 bits per heavy atom. The Morgan fingerprint density at radius 2 is 1.95 bits per heavy atom. The Hall–Kier alpha value is -1.13. The van der Waals surface area contributed by atoms with Crippen LogP contribution in [0.3, 0.4) is 0 Å². The number of anilines is 1. The summed E-state index contributed by atoms with van der Waals surface area (Å²) in [5.74, 6) is 0.101. The SMILES string of the molecule is COC1(C(=O)c2cc(Cl)cnc2N)CCC(C)(C)CC1. The summed E-state index contributed by atoms with van der Waals surface area (Å²) >= 11 is 5.92. The Labute approximate surface area is 124 Å². The molecule has 4 nitrogen and oxygen atoms in total. The number of halogens is 1. The van der Waals surface area contributed by atoms with Gasteiger partial charge in [-0.15, -0.1) is 0 Å². The van der Waals surface area contributed by atoms with Gasteiger partial charge in [-0.3, -0.25) is 4.79 Å². The van der Waals surface area contributed by atoms with Gasteiger partial charge in [0.2, 0.25) is 0 Å². The van der Waals surface area contributed by atoms with E-state index in [1.165, 1.54) is 6.20 Å². The van der Waals surface area contributed by atoms with Crippen LogP contribution in [0.4, 0.5) is 5.82 Å². The number of carbonyl (C=O) groups is 1. The minimum Gasteiger partial charge on any atom is -0.383 e. The van der Waals surface area contributed by atoms with Crippen molar-refractivity contribution in [1.82, 2.24) is 4.98 Å². The summed E-state index contributed by atoms with van der Waals surface area (Å²) in [6.45, 7) is 4.43. The smallest absolute Gasteiger partial charge is 0.198 e. The third kappa shape index (κ3) is 2.81. The predicted octanol–water partition coefficient (Wildman–Crippen LogP) is 3.49. The first-order chi connectivity index (χ1) is 9.30. The molecule has 0 amide bonds. The summed E-state index contributed by atoms with van der Waals surface area (Å²) in [5.41, 5.74) is 5.63. The van der Waals surface area contributed by atoms with E-state index in [1.807, 2.05) is 0 Å². The zero-order valence-electron chi connectivity index (χ0n) is 12.2. The van der Waals surface area contributed by atoms with Gasteiger partial charge < -0.3 is 10.5 Å². The fraction of sp³-hybridized carbons (Fsp3) is 0.600. The molecular weight excluding hydrogens is 276 g/mol. The Kier molecular flexibility index (Phi) is 4.07. The van der Waals surface area contributed by atoms with Crippen LogP contribution >= 0.6 is 11.6 Å². The van der Waals surface area contributed by atoms with Crippen molar-refractivity contribution >= 4 is 23.2 Å². The van der Waals surface area contributed by atoms with Crippen molar-refractivity contribution in [2.75, 3.05) is 12.8 Å². The van der Waals surface area contributed by atoms with Crippen molar-refractivity contribution in [3.05, 3.63) is 22.8 Å². The molecule has 1 aromatic heterocycles. The van der Waals surface area contributed by atoms with E-state index in [9.17, 15) is 4.79 Å². The predicted molar refractivity (Wildman–Crippen MR) is 80.0 cm³/mol. The molecule has 1 aliphatic rings. The Morgan fingerprint density at radius 1 is 1.35 bits per heavy atom. The third-order valence-electron chi connectivity index (χ3n) is 4.35. The number of nitrogens with zero attached hydrogens (tertiary/aromatic N) is 1. The molecule has 5 heteroatoms. The highest BCUT2D eigenvalue weighted by atomic mass is 35.5. The van der Waals surface area contributed by atoms with Crippen LogP contribution < -0.4 is 5.73 Å². The number of nitrogens with two attached hydrogens (primary N) is 1. The van der Waals surface area contributed by atoms with Crippen LogP contribution in [0.25, 0.3) is 0 Å². The van der Waals surface area contributed by atoms with Crippen molar-refractivity contribution in [3.63, 3.8) is 0 Å². The van der Waals surface area contributed by atoms with E-state index < -0.39 is 5.60 Å². The summed E-state index contributed by atoms with van der Waals surface area (Å²) in [6.07, 6.45) is 4.72. The molecule has 1 aromatic rings. The van der Waals surface area contributed by atoms with Crippen molar-refractivity contribution in [3.8, 4) is 0 Å². The zero-order valence-corrected chi connectivity index (χ0v) is 13.0. The number of Topliss-reactive ketones (excluding diaryl/α,β-unsaturated/α-hetero) is 1. The van der Waals surface area contributed by atoms with Crippen molar-refractivity contribution in [2.24, 2.45) is 5.41 Å². The number of aromatic nitrogens is 1. The summed E-state index contributed by atoms with van der Waals surface area (Å²) < 4.78 is 5.61. The van der Waals surface area contributed by atoms with Crippen LogP contribution in [0.5, 0.6) is 0 Å². The molecule has 1 heterocycles. The Balaban J connectivity index is 2.32. The molecule has 0 unspecified atom stereocenters. The molecule has 1 saturated carbocycles. The second-order valence-electron chi connectivity index (χ2n) is 6.28. The number of pyridine rings is 1. The van der Waals surface area contributed by atoms with E-state index in [2.05, 4.69) is 18.8 Å². The van der Waals surface area contributed by atoms with E-state index in [1.54, 1.807) is 13.2 Å². The molecule has 110 valence electrons. The lowest BCUT2D eigenvalue weighted by molar-refractivity contribution is -0.0382. The standard InChI is InChI=1S/C15H21ClN2O2/c1-14(2)4-6-15(20-3,7-5-14)12(19)11-8-10(16)9-18-13(11)17/h8-9H,4-7H2,1-3H3,(H2,17,18). The number of carbonyl (C=O) groups excluding carboxylic acids is 1. The van der Waals surface area contributed by atoms with Gasteiger partial charge >= 0.3 is 0 Å². The number of rotatable bonds is 3. The second-order valence-corrected chi connectivity index (χ2v) is 6.71. The third-order valence-corrected chi connectivity index (χ3v) is 4.55. The largest absolute Gasteiger partial charge is 0.383 e. The maximum Gasteiger partial charge on any atom is 0.198 e. The van der Waals surface area contributed by atoms with Gasteiger partial charge in [0.15, 0.2) is 5.78 Å². The summed E-state index contributed by atoms with van der Waals surface area (Å²) in [4.78, 5) is 16.8. The van der Waals surface area contributed by atoms with Crippen LogP contribution in [-0.4, -0.2) is 23.5 Å². The monoisotopic (exact) mass is 296 g/mol. The van der Waals surface area contributed by atoms with E-state index in [-0.39, 0.29) is 17.0 Å². The number of methoxy groups -OCH3 is 1. The molecule has 0 bridgehead atoms. The van der Waals surface area contributed by atoms with Crippen LogP contribution in [0.15, 0.2) is 12.3 Å². The van der Waals surface area contributed by atoms with Crippen LogP contribution in [0.2, 0.25) is 5.02 Å². The highest BCUT2D eigenvalue weighted by Crippen LogP contribution is 2.43. The topological polar surface area (TPSA) is 65.2 Å². The number of hydrogen-bond donors (Lipinski definition) is 1. The van der Waals surface area contributed by atoms with Gasteiger partial charge in [-0.2, -0.15) is 0 Å². The molecule has 2 rings (SSSR count). The fourth-order valence-corrected chi connectivity index (χ4v) is 2.89. The fourth-order valence-electron chi connectivity index (χ4n) is 2.73.